The summed E-state index contributed by atoms with van der Waals surface area (Å²) in [7, 11) is 0. The van der Waals surface area contributed by atoms with Gasteiger partial charge in [-0.05, 0) is 51.3 Å². The van der Waals surface area contributed by atoms with Crippen molar-refractivity contribution in [2.24, 2.45) is 5.41 Å². The van der Waals surface area contributed by atoms with E-state index in [1.165, 1.54) is 0 Å². The van der Waals surface area contributed by atoms with E-state index in [2.05, 4.69) is 0 Å². The third-order valence-electron chi connectivity index (χ3n) is 2.55. The Kier molecular flexibility index (Phi) is 4.29. The molecule has 0 aromatic rings. The SMILES string of the molecule is CC1=CCC(CO)=CC=C1OC(=O)C(C)(C)C. The molecule has 0 fully saturated rings. The number of hydrogen-bond acceptors (Lipinski definition) is 3. The Balaban J connectivity index is 2.86. The number of rotatable bonds is 2. The van der Waals surface area contributed by atoms with E-state index in [1.807, 2.05) is 33.8 Å². The standard InChI is InChI=1S/C14H20O3/c1-10-5-6-11(9-15)7-8-12(10)17-13(16)14(2,3)4/h5,7-8,15H,6,9H2,1-4H3. The van der Waals surface area contributed by atoms with Crippen LogP contribution in [0, 0.1) is 5.41 Å². The zero-order chi connectivity index (χ0) is 13.1. The van der Waals surface area contributed by atoms with Crippen LogP contribution in [0.3, 0.4) is 0 Å². The summed E-state index contributed by atoms with van der Waals surface area (Å²) < 4.78 is 5.37. The summed E-state index contributed by atoms with van der Waals surface area (Å²) in [6.45, 7) is 7.39. The van der Waals surface area contributed by atoms with E-state index in [0.29, 0.717) is 12.2 Å². The Morgan fingerprint density at radius 3 is 2.59 bits per heavy atom. The minimum absolute atomic E-state index is 0.0285. The minimum atomic E-state index is -0.517. The van der Waals surface area contributed by atoms with Crippen molar-refractivity contribution in [2.45, 2.75) is 34.1 Å². The van der Waals surface area contributed by atoms with Crippen LogP contribution in [0.4, 0.5) is 0 Å². The lowest BCUT2D eigenvalue weighted by atomic mass is 9.97. The number of ether oxygens (including phenoxy) is 1. The van der Waals surface area contributed by atoms with Crippen molar-refractivity contribution in [1.82, 2.24) is 0 Å². The van der Waals surface area contributed by atoms with Gasteiger partial charge in [0, 0.05) is 0 Å². The Hall–Kier alpha value is -1.35. The molecule has 0 amide bonds. The molecule has 0 radical (unpaired) electrons. The van der Waals surface area contributed by atoms with Gasteiger partial charge in [0.25, 0.3) is 0 Å². The number of carbonyl (C=O) groups excluding carboxylic acids is 1. The van der Waals surface area contributed by atoms with Gasteiger partial charge in [-0.3, -0.25) is 4.79 Å². The summed E-state index contributed by atoms with van der Waals surface area (Å²) in [5.74, 6) is 0.311. The minimum Gasteiger partial charge on any atom is -0.426 e. The first-order chi connectivity index (χ1) is 7.84. The predicted molar refractivity (Wildman–Crippen MR) is 67.2 cm³/mol. The Morgan fingerprint density at radius 2 is 2.06 bits per heavy atom. The van der Waals surface area contributed by atoms with Crippen LogP contribution in [0.1, 0.15) is 34.1 Å². The van der Waals surface area contributed by atoms with Gasteiger partial charge >= 0.3 is 5.97 Å². The zero-order valence-corrected chi connectivity index (χ0v) is 10.9. The molecule has 0 aliphatic heterocycles. The fourth-order valence-corrected chi connectivity index (χ4v) is 1.26. The average molecular weight is 236 g/mol. The number of allylic oxidation sites excluding steroid dienone is 4. The summed E-state index contributed by atoms with van der Waals surface area (Å²) in [5, 5.41) is 9.07. The first kappa shape index (κ1) is 13.7. The maximum atomic E-state index is 11.8. The molecule has 3 nitrogen and oxygen atoms in total. The molecule has 0 spiro atoms. The number of esters is 1. The number of hydrogen-bond donors (Lipinski definition) is 1. The van der Waals surface area contributed by atoms with Crippen LogP contribution >= 0.6 is 0 Å². The topological polar surface area (TPSA) is 46.5 Å². The zero-order valence-electron chi connectivity index (χ0n) is 10.9. The highest BCUT2D eigenvalue weighted by atomic mass is 16.5. The highest BCUT2D eigenvalue weighted by molar-refractivity contribution is 5.77. The third kappa shape index (κ3) is 3.86. The van der Waals surface area contributed by atoms with E-state index in [4.69, 9.17) is 9.84 Å². The van der Waals surface area contributed by atoms with E-state index < -0.39 is 5.41 Å². The summed E-state index contributed by atoms with van der Waals surface area (Å²) in [4.78, 5) is 11.8. The average Bonchev–Trinajstić information content (AvgIpc) is 2.41. The van der Waals surface area contributed by atoms with Crippen LogP contribution in [0.15, 0.2) is 35.1 Å². The Morgan fingerprint density at radius 1 is 1.41 bits per heavy atom. The first-order valence-electron chi connectivity index (χ1n) is 5.74. The molecule has 0 unspecified atom stereocenters. The Bertz CT molecular complexity index is 392. The highest BCUT2D eigenvalue weighted by Gasteiger charge is 2.24. The van der Waals surface area contributed by atoms with E-state index in [1.54, 1.807) is 12.2 Å². The molecular formula is C14H20O3. The van der Waals surface area contributed by atoms with Crippen LogP contribution in [0.5, 0.6) is 0 Å². The molecule has 17 heavy (non-hydrogen) atoms. The molecule has 0 aromatic carbocycles. The predicted octanol–water partition coefficient (Wildman–Crippen LogP) is 2.73. The van der Waals surface area contributed by atoms with E-state index in [9.17, 15) is 4.79 Å². The lowest BCUT2D eigenvalue weighted by Crippen LogP contribution is -2.22. The normalized spacial score (nSPS) is 16.6. The largest absolute Gasteiger partial charge is 0.426 e. The Labute approximate surface area is 102 Å². The monoisotopic (exact) mass is 236 g/mol. The molecule has 1 rings (SSSR count). The molecule has 94 valence electrons. The summed E-state index contributed by atoms with van der Waals surface area (Å²) in [6, 6.07) is 0. The quantitative estimate of drug-likeness (QED) is 0.750. The first-order valence-corrected chi connectivity index (χ1v) is 5.74. The van der Waals surface area contributed by atoms with Crippen molar-refractivity contribution < 1.29 is 14.6 Å². The van der Waals surface area contributed by atoms with Gasteiger partial charge in [0.15, 0.2) is 0 Å². The number of aliphatic hydroxyl groups excluding tert-OH is 1. The van der Waals surface area contributed by atoms with Gasteiger partial charge < -0.3 is 9.84 Å². The van der Waals surface area contributed by atoms with Crippen LogP contribution in [0.2, 0.25) is 0 Å². The van der Waals surface area contributed by atoms with Crippen molar-refractivity contribution in [3.05, 3.63) is 35.1 Å². The lowest BCUT2D eigenvalue weighted by molar-refractivity contribution is -0.148. The molecule has 1 N–H and O–H groups in total. The van der Waals surface area contributed by atoms with Gasteiger partial charge in [0.05, 0.1) is 12.0 Å². The summed E-state index contributed by atoms with van der Waals surface area (Å²) in [5.41, 5.74) is 1.31. The van der Waals surface area contributed by atoms with E-state index >= 15 is 0 Å². The summed E-state index contributed by atoms with van der Waals surface area (Å²) in [6.07, 6.45) is 6.19. The lowest BCUT2D eigenvalue weighted by Gasteiger charge is -2.18. The van der Waals surface area contributed by atoms with Crippen molar-refractivity contribution >= 4 is 5.97 Å². The smallest absolute Gasteiger partial charge is 0.316 e. The fraction of sp³-hybridized carbons (Fsp3) is 0.500. The van der Waals surface area contributed by atoms with Gasteiger partial charge in [-0.1, -0.05) is 12.2 Å². The van der Waals surface area contributed by atoms with Crippen LogP contribution in [-0.4, -0.2) is 17.7 Å². The van der Waals surface area contributed by atoms with Gasteiger partial charge in [0.1, 0.15) is 5.76 Å². The second kappa shape index (κ2) is 5.32. The molecule has 0 aromatic heterocycles. The van der Waals surface area contributed by atoms with Gasteiger partial charge in [0.2, 0.25) is 0 Å². The second-order valence-electron chi connectivity index (χ2n) is 5.24. The van der Waals surface area contributed by atoms with Crippen molar-refractivity contribution in [3.63, 3.8) is 0 Å². The van der Waals surface area contributed by atoms with Crippen molar-refractivity contribution in [3.8, 4) is 0 Å². The summed E-state index contributed by atoms with van der Waals surface area (Å²) >= 11 is 0. The number of aliphatic hydroxyl groups is 1. The maximum Gasteiger partial charge on any atom is 0.316 e. The van der Waals surface area contributed by atoms with Crippen LogP contribution in [-0.2, 0) is 9.53 Å². The van der Waals surface area contributed by atoms with Crippen molar-refractivity contribution in [2.75, 3.05) is 6.61 Å². The second-order valence-corrected chi connectivity index (χ2v) is 5.24. The molecule has 3 heteroatoms. The highest BCUT2D eigenvalue weighted by Crippen LogP contribution is 2.23. The van der Waals surface area contributed by atoms with Gasteiger partial charge in [-0.25, -0.2) is 0 Å². The molecule has 0 heterocycles. The van der Waals surface area contributed by atoms with E-state index in [0.717, 1.165) is 11.1 Å². The fourth-order valence-electron chi connectivity index (χ4n) is 1.26. The van der Waals surface area contributed by atoms with Crippen LogP contribution in [0.25, 0.3) is 0 Å². The molecule has 1 aliphatic carbocycles. The van der Waals surface area contributed by atoms with Gasteiger partial charge in [-0.2, -0.15) is 0 Å². The molecule has 0 atom stereocenters. The molecule has 0 bridgehead atoms. The van der Waals surface area contributed by atoms with Gasteiger partial charge in [-0.15, -0.1) is 0 Å². The van der Waals surface area contributed by atoms with Crippen LogP contribution < -0.4 is 0 Å². The van der Waals surface area contributed by atoms with Crippen molar-refractivity contribution in [1.29, 1.82) is 0 Å². The third-order valence-corrected chi connectivity index (χ3v) is 2.55. The van der Waals surface area contributed by atoms with E-state index in [-0.39, 0.29) is 12.6 Å². The molecule has 0 saturated carbocycles. The maximum absolute atomic E-state index is 11.8. The number of carbonyl (C=O) groups is 1. The molecular weight excluding hydrogens is 216 g/mol. The molecule has 0 saturated heterocycles. The molecule has 1 aliphatic rings.